The summed E-state index contributed by atoms with van der Waals surface area (Å²) in [5, 5.41) is 14.4. The molecule has 1 aliphatic rings. The van der Waals surface area contributed by atoms with E-state index in [2.05, 4.69) is 21.2 Å². The lowest BCUT2D eigenvalue weighted by atomic mass is 9.95. The van der Waals surface area contributed by atoms with E-state index in [1.807, 2.05) is 0 Å². The molecule has 0 radical (unpaired) electrons. The summed E-state index contributed by atoms with van der Waals surface area (Å²) in [7, 11) is 1.55. The van der Waals surface area contributed by atoms with E-state index in [1.165, 1.54) is 25.3 Å². The van der Waals surface area contributed by atoms with Gasteiger partial charge in [-0.1, -0.05) is 19.3 Å². The molecule has 1 saturated carbocycles. The lowest BCUT2D eigenvalue weighted by Crippen LogP contribution is -2.22. The SMILES string of the molecule is COc1cc(NC2CCCCC2)c([N+](=O)[O-])cc1Br. The molecule has 0 aromatic heterocycles. The highest BCUT2D eigenvalue weighted by Crippen LogP contribution is 2.37. The first-order chi connectivity index (χ1) is 9.11. The van der Waals surface area contributed by atoms with Gasteiger partial charge in [-0.05, 0) is 28.8 Å². The monoisotopic (exact) mass is 328 g/mol. The molecule has 0 spiro atoms. The van der Waals surface area contributed by atoms with E-state index in [4.69, 9.17) is 4.74 Å². The predicted octanol–water partition coefficient (Wildman–Crippen LogP) is 4.11. The number of nitro benzene ring substituents is 1. The summed E-state index contributed by atoms with van der Waals surface area (Å²) in [4.78, 5) is 10.8. The molecule has 6 heteroatoms. The summed E-state index contributed by atoms with van der Waals surface area (Å²) >= 11 is 3.28. The van der Waals surface area contributed by atoms with Gasteiger partial charge in [-0.2, -0.15) is 0 Å². The number of nitrogens with zero attached hydrogens (tertiary/aromatic N) is 1. The molecule has 1 aromatic carbocycles. The molecule has 0 saturated heterocycles. The number of methoxy groups -OCH3 is 1. The van der Waals surface area contributed by atoms with Gasteiger partial charge in [-0.25, -0.2) is 0 Å². The maximum Gasteiger partial charge on any atom is 0.293 e. The third-order valence-corrected chi connectivity index (χ3v) is 4.05. The number of nitro groups is 1. The smallest absolute Gasteiger partial charge is 0.293 e. The number of hydrogen-bond donors (Lipinski definition) is 1. The summed E-state index contributed by atoms with van der Waals surface area (Å²) in [5.41, 5.74) is 0.621. The van der Waals surface area contributed by atoms with E-state index in [0.29, 0.717) is 22.0 Å². The number of rotatable bonds is 4. The Kier molecular flexibility index (Phi) is 4.63. The molecule has 0 aliphatic heterocycles. The van der Waals surface area contributed by atoms with E-state index in [0.717, 1.165) is 12.8 Å². The molecule has 104 valence electrons. The fourth-order valence-corrected chi connectivity index (χ4v) is 2.93. The van der Waals surface area contributed by atoms with E-state index in [1.54, 1.807) is 13.2 Å². The first-order valence-electron chi connectivity index (χ1n) is 6.40. The standard InChI is InChI=1S/C13H17BrN2O3/c1-19-13-8-11(12(16(17)18)7-10(13)14)15-9-5-3-2-4-6-9/h7-9,15H,2-6H2,1H3. The summed E-state index contributed by atoms with van der Waals surface area (Å²) < 4.78 is 5.79. The van der Waals surface area contributed by atoms with Gasteiger partial charge in [0.1, 0.15) is 11.4 Å². The first-order valence-corrected chi connectivity index (χ1v) is 7.19. The van der Waals surface area contributed by atoms with Crippen molar-refractivity contribution in [1.29, 1.82) is 0 Å². The van der Waals surface area contributed by atoms with Crippen molar-refractivity contribution in [2.75, 3.05) is 12.4 Å². The fourth-order valence-electron chi connectivity index (χ4n) is 2.43. The molecule has 0 bridgehead atoms. The van der Waals surface area contributed by atoms with Crippen molar-refractivity contribution in [3.63, 3.8) is 0 Å². The molecule has 19 heavy (non-hydrogen) atoms. The molecule has 0 atom stereocenters. The number of nitrogens with one attached hydrogen (secondary N) is 1. The highest BCUT2D eigenvalue weighted by Gasteiger charge is 2.21. The van der Waals surface area contributed by atoms with Crippen molar-refractivity contribution in [3.8, 4) is 5.75 Å². The number of anilines is 1. The summed E-state index contributed by atoms with van der Waals surface area (Å²) in [6.45, 7) is 0. The summed E-state index contributed by atoms with van der Waals surface area (Å²) in [5.74, 6) is 0.601. The van der Waals surface area contributed by atoms with Crippen LogP contribution >= 0.6 is 15.9 Å². The van der Waals surface area contributed by atoms with Crippen molar-refractivity contribution >= 4 is 27.3 Å². The van der Waals surface area contributed by atoms with Crippen molar-refractivity contribution in [2.24, 2.45) is 0 Å². The quantitative estimate of drug-likeness (QED) is 0.667. The van der Waals surface area contributed by atoms with Crippen LogP contribution in [0.4, 0.5) is 11.4 Å². The zero-order chi connectivity index (χ0) is 13.8. The first kappa shape index (κ1) is 14.1. The summed E-state index contributed by atoms with van der Waals surface area (Å²) in [6, 6.07) is 3.50. The number of halogens is 1. The number of hydrogen-bond acceptors (Lipinski definition) is 4. The number of benzene rings is 1. The van der Waals surface area contributed by atoms with Crippen LogP contribution in [0.5, 0.6) is 5.75 Å². The fraction of sp³-hybridized carbons (Fsp3) is 0.538. The van der Waals surface area contributed by atoms with E-state index in [9.17, 15) is 10.1 Å². The Morgan fingerprint density at radius 3 is 2.63 bits per heavy atom. The third kappa shape index (κ3) is 3.37. The van der Waals surface area contributed by atoms with Crippen LogP contribution in [0.2, 0.25) is 0 Å². The Hall–Kier alpha value is -1.30. The van der Waals surface area contributed by atoms with Crippen molar-refractivity contribution in [2.45, 2.75) is 38.1 Å². The third-order valence-electron chi connectivity index (χ3n) is 3.43. The van der Waals surface area contributed by atoms with Crippen LogP contribution in [-0.4, -0.2) is 18.1 Å². The van der Waals surface area contributed by atoms with Crippen molar-refractivity contribution in [1.82, 2.24) is 0 Å². The largest absolute Gasteiger partial charge is 0.495 e. The van der Waals surface area contributed by atoms with Crippen LogP contribution in [0.1, 0.15) is 32.1 Å². The molecular weight excluding hydrogens is 312 g/mol. The second kappa shape index (κ2) is 6.23. The topological polar surface area (TPSA) is 64.4 Å². The van der Waals surface area contributed by atoms with Crippen LogP contribution in [0.25, 0.3) is 0 Å². The summed E-state index contributed by atoms with van der Waals surface area (Å²) in [6.07, 6.45) is 5.74. The Balaban J connectivity index is 2.27. The predicted molar refractivity (Wildman–Crippen MR) is 77.8 cm³/mol. The normalized spacial score (nSPS) is 16.1. The van der Waals surface area contributed by atoms with Gasteiger partial charge in [0.25, 0.3) is 5.69 Å². The van der Waals surface area contributed by atoms with E-state index < -0.39 is 0 Å². The van der Waals surface area contributed by atoms with Gasteiger partial charge in [0, 0.05) is 18.2 Å². The van der Waals surface area contributed by atoms with Gasteiger partial charge in [-0.15, -0.1) is 0 Å². The van der Waals surface area contributed by atoms with E-state index >= 15 is 0 Å². The zero-order valence-electron chi connectivity index (χ0n) is 10.8. The molecular formula is C13H17BrN2O3. The Labute approximate surface area is 120 Å². The van der Waals surface area contributed by atoms with Crippen LogP contribution < -0.4 is 10.1 Å². The average molecular weight is 329 g/mol. The molecule has 1 fully saturated rings. The minimum Gasteiger partial charge on any atom is -0.495 e. The highest BCUT2D eigenvalue weighted by atomic mass is 79.9. The van der Waals surface area contributed by atoms with Gasteiger partial charge < -0.3 is 10.1 Å². The van der Waals surface area contributed by atoms with Crippen molar-refractivity contribution < 1.29 is 9.66 Å². The molecule has 1 N–H and O–H groups in total. The highest BCUT2D eigenvalue weighted by molar-refractivity contribution is 9.10. The Morgan fingerprint density at radius 2 is 2.05 bits per heavy atom. The van der Waals surface area contributed by atoms with E-state index in [-0.39, 0.29) is 10.6 Å². The second-order valence-corrected chi connectivity index (χ2v) is 5.59. The minimum absolute atomic E-state index is 0.0817. The van der Waals surface area contributed by atoms with Crippen LogP contribution in [-0.2, 0) is 0 Å². The molecule has 5 nitrogen and oxygen atoms in total. The molecule has 1 aromatic rings. The molecule has 1 aliphatic carbocycles. The lowest BCUT2D eigenvalue weighted by Gasteiger charge is -2.24. The van der Waals surface area contributed by atoms with Gasteiger partial charge >= 0.3 is 0 Å². The molecule has 0 amide bonds. The Bertz CT molecular complexity index is 473. The molecule has 0 heterocycles. The van der Waals surface area contributed by atoms with Crippen LogP contribution in [0.3, 0.4) is 0 Å². The minimum atomic E-state index is -0.366. The van der Waals surface area contributed by atoms with Crippen molar-refractivity contribution in [3.05, 3.63) is 26.7 Å². The zero-order valence-corrected chi connectivity index (χ0v) is 12.4. The average Bonchev–Trinajstić information content (AvgIpc) is 2.41. The van der Waals surface area contributed by atoms with Crippen LogP contribution in [0.15, 0.2) is 16.6 Å². The molecule has 0 unspecified atom stereocenters. The molecule has 2 rings (SSSR count). The maximum absolute atomic E-state index is 11.1. The lowest BCUT2D eigenvalue weighted by molar-refractivity contribution is -0.384. The Morgan fingerprint density at radius 1 is 1.37 bits per heavy atom. The maximum atomic E-state index is 11.1. The van der Waals surface area contributed by atoms with Crippen LogP contribution in [0, 0.1) is 10.1 Å². The van der Waals surface area contributed by atoms with Gasteiger partial charge in [0.2, 0.25) is 0 Å². The number of ether oxygens (including phenoxy) is 1. The van der Waals surface area contributed by atoms with Gasteiger partial charge in [0.05, 0.1) is 16.5 Å². The van der Waals surface area contributed by atoms with Gasteiger partial charge in [-0.3, -0.25) is 10.1 Å². The van der Waals surface area contributed by atoms with Gasteiger partial charge in [0.15, 0.2) is 0 Å². The second-order valence-electron chi connectivity index (χ2n) is 4.74.